The Balaban J connectivity index is 3.84. The van der Waals surface area contributed by atoms with Gasteiger partial charge in [0.2, 0.25) is 0 Å². The molecule has 0 aliphatic heterocycles. The maximum atomic E-state index is 12.1. The second-order valence-corrected chi connectivity index (χ2v) is 6.72. The van der Waals surface area contributed by atoms with Gasteiger partial charge >= 0.3 is 7.60 Å². The Kier molecular flexibility index (Phi) is 11.5. The first-order valence-electron chi connectivity index (χ1n) is 7.47. The Morgan fingerprint density at radius 3 is 1.95 bits per heavy atom. The molecular formula is C14H29O4P. The molecule has 0 aliphatic carbocycles. The predicted octanol–water partition coefficient (Wildman–Crippen LogP) is 4.57. The summed E-state index contributed by atoms with van der Waals surface area (Å²) in [6.45, 7) is 6.30. The van der Waals surface area contributed by atoms with Crippen LogP contribution in [0.3, 0.4) is 0 Å². The van der Waals surface area contributed by atoms with Gasteiger partial charge in [0.25, 0.3) is 0 Å². The van der Waals surface area contributed by atoms with Crippen LogP contribution in [0.15, 0.2) is 0 Å². The molecular weight excluding hydrogens is 263 g/mol. The zero-order chi connectivity index (χ0) is 14.6. The molecule has 19 heavy (non-hydrogen) atoms. The molecule has 0 unspecified atom stereocenters. The van der Waals surface area contributed by atoms with E-state index in [9.17, 15) is 9.36 Å². The Bertz CT molecular complexity index is 269. The Morgan fingerprint density at radius 2 is 1.42 bits per heavy atom. The van der Waals surface area contributed by atoms with E-state index in [1.54, 1.807) is 13.8 Å². The summed E-state index contributed by atoms with van der Waals surface area (Å²) in [5.74, 6) is -0.0132. The van der Waals surface area contributed by atoms with Crippen LogP contribution in [0.1, 0.15) is 65.7 Å². The molecule has 0 bridgehead atoms. The van der Waals surface area contributed by atoms with Crippen molar-refractivity contribution in [3.8, 4) is 0 Å². The lowest BCUT2D eigenvalue weighted by Crippen LogP contribution is -2.09. The zero-order valence-electron chi connectivity index (χ0n) is 12.7. The van der Waals surface area contributed by atoms with Crippen molar-refractivity contribution in [2.45, 2.75) is 65.7 Å². The van der Waals surface area contributed by atoms with Gasteiger partial charge in [-0.1, -0.05) is 39.0 Å². The number of hydrogen-bond donors (Lipinski definition) is 0. The van der Waals surface area contributed by atoms with Gasteiger partial charge in [0.05, 0.1) is 13.2 Å². The maximum absolute atomic E-state index is 12.1. The van der Waals surface area contributed by atoms with Crippen LogP contribution < -0.4 is 0 Å². The lowest BCUT2D eigenvalue weighted by molar-refractivity contribution is -0.117. The van der Waals surface area contributed by atoms with Crippen LogP contribution >= 0.6 is 7.60 Å². The maximum Gasteiger partial charge on any atom is 0.338 e. The van der Waals surface area contributed by atoms with Crippen molar-refractivity contribution < 1.29 is 18.4 Å². The molecule has 0 spiro atoms. The summed E-state index contributed by atoms with van der Waals surface area (Å²) >= 11 is 0. The van der Waals surface area contributed by atoms with Gasteiger partial charge in [-0.05, 0) is 20.3 Å². The van der Waals surface area contributed by atoms with Crippen molar-refractivity contribution in [2.24, 2.45) is 0 Å². The van der Waals surface area contributed by atoms with E-state index in [1.807, 2.05) is 0 Å². The summed E-state index contributed by atoms with van der Waals surface area (Å²) < 4.78 is 22.4. The number of carbonyl (C=O) groups is 1. The third kappa shape index (κ3) is 10.3. The molecule has 0 saturated carbocycles. The highest BCUT2D eigenvalue weighted by atomic mass is 31.2. The first kappa shape index (κ1) is 18.8. The minimum atomic E-state index is -3.19. The number of Topliss-reactive ketones (excluding diaryl/α,β-unsaturated/α-hetero) is 1. The molecule has 4 nitrogen and oxygen atoms in total. The summed E-state index contributed by atoms with van der Waals surface area (Å²) in [4.78, 5) is 11.8. The van der Waals surface area contributed by atoms with Gasteiger partial charge in [-0.2, -0.15) is 0 Å². The number of carbonyl (C=O) groups excluding carboxylic acids is 1. The largest absolute Gasteiger partial charge is 0.338 e. The third-order valence-corrected chi connectivity index (χ3v) is 4.87. The van der Waals surface area contributed by atoms with E-state index in [-0.39, 0.29) is 11.9 Å². The van der Waals surface area contributed by atoms with Gasteiger partial charge in [-0.3, -0.25) is 9.36 Å². The van der Waals surface area contributed by atoms with Crippen LogP contribution in [0.2, 0.25) is 0 Å². The molecule has 5 heteroatoms. The Labute approximate surface area is 117 Å². The molecule has 0 N–H and O–H groups in total. The molecule has 0 aliphatic rings. The van der Waals surface area contributed by atoms with Gasteiger partial charge in [0.15, 0.2) is 0 Å². The van der Waals surface area contributed by atoms with E-state index in [2.05, 4.69) is 6.92 Å². The predicted molar refractivity (Wildman–Crippen MR) is 78.7 cm³/mol. The number of rotatable bonds is 13. The number of hydrogen-bond acceptors (Lipinski definition) is 4. The minimum Gasteiger partial charge on any atom is -0.309 e. The highest BCUT2D eigenvalue weighted by Gasteiger charge is 2.26. The molecule has 0 heterocycles. The van der Waals surface area contributed by atoms with E-state index in [0.717, 1.165) is 12.8 Å². The molecule has 0 fully saturated rings. The van der Waals surface area contributed by atoms with Crippen molar-refractivity contribution >= 4 is 13.4 Å². The second kappa shape index (κ2) is 11.6. The number of ketones is 1. The quantitative estimate of drug-likeness (QED) is 0.368. The van der Waals surface area contributed by atoms with Crippen LogP contribution in [0.25, 0.3) is 0 Å². The van der Waals surface area contributed by atoms with E-state index < -0.39 is 7.60 Å². The summed E-state index contributed by atoms with van der Waals surface area (Å²) in [6.07, 6.45) is 7.25. The van der Waals surface area contributed by atoms with E-state index >= 15 is 0 Å². The summed E-state index contributed by atoms with van der Waals surface area (Å²) in [6, 6.07) is 0. The first-order chi connectivity index (χ1) is 9.08. The number of unbranched alkanes of at least 4 members (excludes halogenated alkanes) is 5. The van der Waals surface area contributed by atoms with E-state index in [1.165, 1.54) is 25.7 Å². The van der Waals surface area contributed by atoms with E-state index in [4.69, 9.17) is 9.05 Å². The van der Waals surface area contributed by atoms with Crippen LogP contribution in [0.5, 0.6) is 0 Å². The van der Waals surface area contributed by atoms with E-state index in [0.29, 0.717) is 19.6 Å². The zero-order valence-corrected chi connectivity index (χ0v) is 13.5. The Hall–Kier alpha value is -0.180. The molecule has 0 aromatic heterocycles. The van der Waals surface area contributed by atoms with Gasteiger partial charge in [0.1, 0.15) is 11.9 Å². The standard InChI is InChI=1S/C14H29O4P/c1-4-7-8-9-10-11-12-14(15)13-19(16,17-5-2)18-6-3/h4-13H2,1-3H3. The first-order valence-corrected chi connectivity index (χ1v) is 9.20. The van der Waals surface area contributed by atoms with Crippen molar-refractivity contribution in [3.05, 3.63) is 0 Å². The molecule has 0 atom stereocenters. The smallest absolute Gasteiger partial charge is 0.309 e. The highest BCUT2D eigenvalue weighted by Crippen LogP contribution is 2.48. The fraction of sp³-hybridized carbons (Fsp3) is 0.929. The fourth-order valence-corrected chi connectivity index (χ4v) is 3.55. The highest BCUT2D eigenvalue weighted by molar-refractivity contribution is 7.54. The van der Waals surface area contributed by atoms with Crippen molar-refractivity contribution in [2.75, 3.05) is 19.4 Å². The van der Waals surface area contributed by atoms with Gasteiger partial charge < -0.3 is 9.05 Å². The SMILES string of the molecule is CCCCCCCCC(=O)CP(=O)(OCC)OCC. The normalized spacial score (nSPS) is 11.7. The monoisotopic (exact) mass is 292 g/mol. The van der Waals surface area contributed by atoms with Gasteiger partial charge in [-0.15, -0.1) is 0 Å². The lowest BCUT2D eigenvalue weighted by Gasteiger charge is -2.15. The fourth-order valence-electron chi connectivity index (χ4n) is 1.92. The Morgan fingerprint density at radius 1 is 0.895 bits per heavy atom. The molecule has 0 rings (SSSR count). The van der Waals surface area contributed by atoms with Crippen LogP contribution in [-0.4, -0.2) is 25.2 Å². The topological polar surface area (TPSA) is 52.6 Å². The third-order valence-electron chi connectivity index (χ3n) is 2.83. The molecule has 0 amide bonds. The average Bonchev–Trinajstić information content (AvgIpc) is 2.33. The summed E-state index contributed by atoms with van der Waals surface area (Å²) in [5, 5.41) is 0. The summed E-state index contributed by atoms with van der Waals surface area (Å²) in [7, 11) is -3.19. The van der Waals surface area contributed by atoms with Crippen LogP contribution in [-0.2, 0) is 18.4 Å². The lowest BCUT2D eigenvalue weighted by atomic mass is 10.1. The average molecular weight is 292 g/mol. The molecule has 0 saturated heterocycles. The van der Waals surface area contributed by atoms with Crippen molar-refractivity contribution in [1.82, 2.24) is 0 Å². The molecule has 0 aromatic rings. The van der Waals surface area contributed by atoms with Gasteiger partial charge in [0, 0.05) is 6.42 Å². The van der Waals surface area contributed by atoms with Crippen molar-refractivity contribution in [3.63, 3.8) is 0 Å². The minimum absolute atomic E-state index is 0.0132. The van der Waals surface area contributed by atoms with Crippen LogP contribution in [0, 0.1) is 0 Å². The van der Waals surface area contributed by atoms with Crippen LogP contribution in [0.4, 0.5) is 0 Å². The van der Waals surface area contributed by atoms with Gasteiger partial charge in [-0.25, -0.2) is 0 Å². The van der Waals surface area contributed by atoms with Crippen molar-refractivity contribution in [1.29, 1.82) is 0 Å². The summed E-state index contributed by atoms with van der Waals surface area (Å²) in [5.41, 5.74) is 0. The molecule has 0 aromatic carbocycles. The molecule has 0 radical (unpaired) electrons. The molecule has 114 valence electrons. The second-order valence-electron chi connectivity index (χ2n) is 4.66.